The predicted octanol–water partition coefficient (Wildman–Crippen LogP) is 5.29. The Kier molecular flexibility index (Phi) is 7.08. The maximum Gasteiger partial charge on any atom is 0.250 e. The Morgan fingerprint density at radius 3 is 2.74 bits per heavy atom. The SMILES string of the molecule is CCOc1cc2occ(-c3ccccc3)c2cc1/C(C)=C/C(=O)Nc1nc(CC(=O)NC)cs1. The normalized spacial score (nSPS) is 11.4. The summed E-state index contributed by atoms with van der Waals surface area (Å²) in [4.78, 5) is 28.5. The summed E-state index contributed by atoms with van der Waals surface area (Å²) in [6, 6.07) is 13.9. The number of likely N-dealkylation sites (N-methyl/N-ethyl adjacent to an activating group) is 1. The average Bonchev–Trinajstić information content (AvgIpc) is 3.45. The molecule has 34 heavy (non-hydrogen) atoms. The van der Waals surface area contributed by atoms with Crippen molar-refractivity contribution in [3.63, 3.8) is 0 Å². The molecule has 0 saturated carbocycles. The van der Waals surface area contributed by atoms with Crippen molar-refractivity contribution in [1.29, 1.82) is 0 Å². The van der Waals surface area contributed by atoms with Gasteiger partial charge in [0.1, 0.15) is 11.3 Å². The van der Waals surface area contributed by atoms with Crippen molar-refractivity contribution < 1.29 is 18.7 Å². The van der Waals surface area contributed by atoms with Crippen molar-refractivity contribution in [1.82, 2.24) is 10.3 Å². The number of rotatable bonds is 8. The Morgan fingerprint density at radius 2 is 2.00 bits per heavy atom. The Morgan fingerprint density at radius 1 is 1.21 bits per heavy atom. The molecular formula is C26H25N3O4S. The predicted molar refractivity (Wildman–Crippen MR) is 135 cm³/mol. The minimum atomic E-state index is -0.309. The largest absolute Gasteiger partial charge is 0.493 e. The second-order valence-electron chi connectivity index (χ2n) is 7.60. The number of nitrogens with zero attached hydrogens (tertiary/aromatic N) is 1. The summed E-state index contributed by atoms with van der Waals surface area (Å²) in [6.45, 7) is 4.26. The molecule has 2 heterocycles. The maximum atomic E-state index is 12.7. The van der Waals surface area contributed by atoms with Gasteiger partial charge in [0.2, 0.25) is 11.8 Å². The van der Waals surface area contributed by atoms with E-state index in [-0.39, 0.29) is 18.2 Å². The zero-order valence-electron chi connectivity index (χ0n) is 19.2. The fraction of sp³-hybridized carbons (Fsp3) is 0.192. The van der Waals surface area contributed by atoms with E-state index in [1.165, 1.54) is 17.4 Å². The Labute approximate surface area is 201 Å². The van der Waals surface area contributed by atoms with E-state index >= 15 is 0 Å². The van der Waals surface area contributed by atoms with Crippen molar-refractivity contribution in [2.75, 3.05) is 19.0 Å². The second kappa shape index (κ2) is 10.4. The highest BCUT2D eigenvalue weighted by Gasteiger charge is 2.16. The standard InChI is InChI=1S/C26H25N3O4S/c1-4-32-22-13-23-20(21(14-33-23)17-8-6-5-7-9-17)12-19(22)16(2)10-25(31)29-26-28-18(15-34-26)11-24(30)27-3/h5-10,12-15H,4,11H2,1-3H3,(H,27,30)(H,28,29,31)/b16-10+. The van der Waals surface area contributed by atoms with E-state index in [1.807, 2.05) is 56.3 Å². The third kappa shape index (κ3) is 5.18. The van der Waals surface area contributed by atoms with Crippen LogP contribution < -0.4 is 15.4 Å². The molecule has 0 bridgehead atoms. The van der Waals surface area contributed by atoms with E-state index in [0.717, 1.165) is 33.2 Å². The molecule has 0 radical (unpaired) electrons. The van der Waals surface area contributed by atoms with Gasteiger partial charge in [-0.1, -0.05) is 30.3 Å². The van der Waals surface area contributed by atoms with Gasteiger partial charge in [0, 0.05) is 41.1 Å². The molecule has 0 aliphatic rings. The van der Waals surface area contributed by atoms with Crippen LogP contribution in [-0.2, 0) is 16.0 Å². The molecule has 0 aliphatic carbocycles. The monoisotopic (exact) mass is 475 g/mol. The molecule has 0 saturated heterocycles. The van der Waals surface area contributed by atoms with Crippen LogP contribution in [0.5, 0.6) is 5.75 Å². The molecule has 0 spiro atoms. The van der Waals surface area contributed by atoms with E-state index in [4.69, 9.17) is 9.15 Å². The summed E-state index contributed by atoms with van der Waals surface area (Å²) in [5, 5.41) is 8.47. The van der Waals surface area contributed by atoms with Crippen LogP contribution in [0.1, 0.15) is 25.1 Å². The smallest absolute Gasteiger partial charge is 0.250 e. The van der Waals surface area contributed by atoms with E-state index < -0.39 is 0 Å². The summed E-state index contributed by atoms with van der Waals surface area (Å²) in [5.74, 6) is 0.205. The number of hydrogen-bond donors (Lipinski definition) is 2. The lowest BCUT2D eigenvalue weighted by molar-refractivity contribution is -0.120. The molecule has 8 heteroatoms. The van der Waals surface area contributed by atoms with Crippen LogP contribution in [0.15, 0.2) is 64.6 Å². The average molecular weight is 476 g/mol. The number of hydrogen-bond acceptors (Lipinski definition) is 6. The molecule has 2 aromatic carbocycles. The van der Waals surface area contributed by atoms with Crippen LogP contribution in [0, 0.1) is 0 Å². The molecule has 2 amide bonds. The van der Waals surface area contributed by atoms with Gasteiger partial charge in [-0.3, -0.25) is 14.9 Å². The third-order valence-corrected chi connectivity index (χ3v) is 6.04. The van der Waals surface area contributed by atoms with Crippen molar-refractivity contribution in [2.24, 2.45) is 0 Å². The van der Waals surface area contributed by atoms with Crippen molar-refractivity contribution >= 4 is 44.8 Å². The lowest BCUT2D eigenvalue weighted by Crippen LogP contribution is -2.20. The zero-order chi connectivity index (χ0) is 24.1. The summed E-state index contributed by atoms with van der Waals surface area (Å²) in [7, 11) is 1.57. The van der Waals surface area contributed by atoms with Gasteiger partial charge in [-0.05, 0) is 31.1 Å². The molecule has 4 aromatic rings. The molecule has 0 fully saturated rings. The summed E-state index contributed by atoms with van der Waals surface area (Å²) in [5.41, 5.74) is 4.90. The molecule has 2 N–H and O–H groups in total. The molecular weight excluding hydrogens is 450 g/mol. The third-order valence-electron chi connectivity index (χ3n) is 5.24. The Hall–Kier alpha value is -3.91. The van der Waals surface area contributed by atoms with Gasteiger partial charge < -0.3 is 14.5 Å². The Bertz CT molecular complexity index is 1360. The highest BCUT2D eigenvalue weighted by atomic mass is 32.1. The number of thiazole rings is 1. The summed E-state index contributed by atoms with van der Waals surface area (Å²) in [6.07, 6.45) is 3.43. The van der Waals surface area contributed by atoms with E-state index in [1.54, 1.807) is 18.7 Å². The van der Waals surface area contributed by atoms with Crippen molar-refractivity contribution in [3.8, 4) is 16.9 Å². The lowest BCUT2D eigenvalue weighted by atomic mass is 9.99. The summed E-state index contributed by atoms with van der Waals surface area (Å²) < 4.78 is 11.7. The van der Waals surface area contributed by atoms with Crippen LogP contribution in [-0.4, -0.2) is 30.5 Å². The first-order valence-electron chi connectivity index (χ1n) is 10.9. The van der Waals surface area contributed by atoms with Gasteiger partial charge in [-0.25, -0.2) is 4.98 Å². The highest BCUT2D eigenvalue weighted by Crippen LogP contribution is 2.37. The van der Waals surface area contributed by atoms with E-state index in [0.29, 0.717) is 23.2 Å². The first-order chi connectivity index (χ1) is 16.5. The number of fused-ring (bicyclic) bond motifs is 1. The summed E-state index contributed by atoms with van der Waals surface area (Å²) >= 11 is 1.28. The van der Waals surface area contributed by atoms with Gasteiger partial charge in [0.25, 0.3) is 0 Å². The zero-order valence-corrected chi connectivity index (χ0v) is 20.0. The van der Waals surface area contributed by atoms with E-state index in [2.05, 4.69) is 15.6 Å². The first-order valence-corrected chi connectivity index (χ1v) is 11.7. The van der Waals surface area contributed by atoms with Gasteiger partial charge in [0.15, 0.2) is 5.13 Å². The van der Waals surface area contributed by atoms with Crippen molar-refractivity contribution in [2.45, 2.75) is 20.3 Å². The number of allylic oxidation sites excluding steroid dienone is 1. The Balaban J connectivity index is 1.62. The molecule has 0 atom stereocenters. The topological polar surface area (TPSA) is 93.5 Å². The highest BCUT2D eigenvalue weighted by molar-refractivity contribution is 7.14. The fourth-order valence-corrected chi connectivity index (χ4v) is 4.31. The number of anilines is 1. The van der Waals surface area contributed by atoms with Crippen LogP contribution in [0.25, 0.3) is 27.7 Å². The first kappa shape index (κ1) is 23.3. The number of ether oxygens (including phenoxy) is 1. The molecule has 7 nitrogen and oxygen atoms in total. The molecule has 0 aliphatic heterocycles. The van der Waals surface area contributed by atoms with Gasteiger partial charge in [-0.2, -0.15) is 0 Å². The minimum absolute atomic E-state index is 0.133. The fourth-order valence-electron chi connectivity index (χ4n) is 3.59. The number of carbonyl (C=O) groups is 2. The lowest BCUT2D eigenvalue weighted by Gasteiger charge is -2.11. The second-order valence-corrected chi connectivity index (χ2v) is 8.46. The van der Waals surface area contributed by atoms with Gasteiger partial charge >= 0.3 is 0 Å². The minimum Gasteiger partial charge on any atom is -0.493 e. The van der Waals surface area contributed by atoms with E-state index in [9.17, 15) is 9.59 Å². The molecule has 0 unspecified atom stereocenters. The quantitative estimate of drug-likeness (QED) is 0.338. The van der Waals surface area contributed by atoms with Crippen LogP contribution in [0.4, 0.5) is 5.13 Å². The number of nitrogens with one attached hydrogen (secondary N) is 2. The van der Waals surface area contributed by atoms with Gasteiger partial charge in [-0.15, -0.1) is 11.3 Å². The molecule has 4 rings (SSSR count). The molecule has 174 valence electrons. The van der Waals surface area contributed by atoms with Crippen LogP contribution >= 0.6 is 11.3 Å². The number of benzene rings is 2. The number of aromatic nitrogens is 1. The van der Waals surface area contributed by atoms with Gasteiger partial charge in [0.05, 0.1) is 25.0 Å². The number of carbonyl (C=O) groups excluding carboxylic acids is 2. The maximum absolute atomic E-state index is 12.7. The molecule has 2 aromatic heterocycles. The van der Waals surface area contributed by atoms with Crippen LogP contribution in [0.3, 0.4) is 0 Å². The number of furan rings is 1. The van der Waals surface area contributed by atoms with Crippen molar-refractivity contribution in [3.05, 3.63) is 71.4 Å². The number of amides is 2. The van der Waals surface area contributed by atoms with Crippen LogP contribution in [0.2, 0.25) is 0 Å².